The van der Waals surface area contributed by atoms with E-state index in [1.807, 2.05) is 32.0 Å². The molecular formula is C14H16N2O2. The number of rotatable bonds is 3. The lowest BCUT2D eigenvalue weighted by Crippen LogP contribution is -2.29. The van der Waals surface area contributed by atoms with Crippen LogP contribution in [0.25, 0.3) is 0 Å². The average Bonchev–Trinajstić information content (AvgIpc) is 2.70. The molecule has 1 aromatic heterocycles. The molecule has 0 spiro atoms. The van der Waals surface area contributed by atoms with Crippen molar-refractivity contribution in [3.63, 3.8) is 0 Å². The summed E-state index contributed by atoms with van der Waals surface area (Å²) >= 11 is 0. The molecule has 4 heteroatoms. The molecule has 4 nitrogen and oxygen atoms in total. The standard InChI is InChI=1S/C14H16N2O2/c1-10-8-9-11(2)16(10)15-14(18)13(17)12-6-4-3-5-7-12/h3-9,13,17H,1-2H3,(H,15,18)/t13-/m1/s1. The van der Waals surface area contributed by atoms with Gasteiger partial charge in [0.1, 0.15) is 0 Å². The van der Waals surface area contributed by atoms with Crippen molar-refractivity contribution in [2.75, 3.05) is 5.43 Å². The van der Waals surface area contributed by atoms with E-state index in [9.17, 15) is 9.90 Å². The summed E-state index contributed by atoms with van der Waals surface area (Å²) in [5.41, 5.74) is 5.10. The summed E-state index contributed by atoms with van der Waals surface area (Å²) in [6.07, 6.45) is -1.16. The lowest BCUT2D eigenvalue weighted by Gasteiger charge is -2.15. The van der Waals surface area contributed by atoms with E-state index in [0.717, 1.165) is 11.4 Å². The van der Waals surface area contributed by atoms with Gasteiger partial charge in [0, 0.05) is 11.4 Å². The Balaban J connectivity index is 2.14. The molecule has 0 aliphatic carbocycles. The van der Waals surface area contributed by atoms with E-state index in [0.29, 0.717) is 5.56 Å². The minimum Gasteiger partial charge on any atom is -0.378 e. The van der Waals surface area contributed by atoms with E-state index < -0.39 is 12.0 Å². The van der Waals surface area contributed by atoms with Crippen molar-refractivity contribution < 1.29 is 9.90 Å². The number of amides is 1. The van der Waals surface area contributed by atoms with Crippen LogP contribution in [-0.4, -0.2) is 15.7 Å². The lowest BCUT2D eigenvalue weighted by molar-refractivity contribution is -0.125. The number of aryl methyl sites for hydroxylation is 2. The van der Waals surface area contributed by atoms with E-state index in [2.05, 4.69) is 5.43 Å². The van der Waals surface area contributed by atoms with Crippen LogP contribution in [0.1, 0.15) is 23.1 Å². The summed E-state index contributed by atoms with van der Waals surface area (Å²) in [7, 11) is 0. The number of carbonyl (C=O) groups is 1. The van der Waals surface area contributed by atoms with Crippen molar-refractivity contribution in [2.24, 2.45) is 0 Å². The number of aliphatic hydroxyl groups is 1. The second-order valence-electron chi connectivity index (χ2n) is 4.24. The molecule has 2 N–H and O–H groups in total. The number of benzene rings is 1. The quantitative estimate of drug-likeness (QED) is 0.866. The Hall–Kier alpha value is -2.07. The van der Waals surface area contributed by atoms with E-state index in [-0.39, 0.29) is 0 Å². The molecule has 0 saturated carbocycles. The Bertz CT molecular complexity index is 527. The molecular weight excluding hydrogens is 228 g/mol. The fourth-order valence-corrected chi connectivity index (χ4v) is 1.80. The van der Waals surface area contributed by atoms with Crippen LogP contribution < -0.4 is 5.43 Å². The van der Waals surface area contributed by atoms with Crippen molar-refractivity contribution in [2.45, 2.75) is 20.0 Å². The van der Waals surface area contributed by atoms with Crippen LogP contribution >= 0.6 is 0 Å². The Morgan fingerprint density at radius 2 is 1.67 bits per heavy atom. The van der Waals surface area contributed by atoms with Crippen molar-refractivity contribution >= 4 is 5.91 Å². The van der Waals surface area contributed by atoms with E-state index in [1.165, 1.54) is 0 Å². The largest absolute Gasteiger partial charge is 0.378 e. The van der Waals surface area contributed by atoms with E-state index in [4.69, 9.17) is 0 Å². The average molecular weight is 244 g/mol. The first-order valence-corrected chi connectivity index (χ1v) is 5.78. The predicted octanol–water partition coefficient (Wildman–Crippen LogP) is 1.91. The zero-order valence-corrected chi connectivity index (χ0v) is 10.4. The van der Waals surface area contributed by atoms with Crippen molar-refractivity contribution in [3.8, 4) is 0 Å². The fourth-order valence-electron chi connectivity index (χ4n) is 1.80. The predicted molar refractivity (Wildman–Crippen MR) is 69.7 cm³/mol. The number of hydrogen-bond donors (Lipinski definition) is 2. The van der Waals surface area contributed by atoms with Gasteiger partial charge in [-0.05, 0) is 31.5 Å². The SMILES string of the molecule is Cc1ccc(C)n1NC(=O)[C@H](O)c1ccccc1. The maximum absolute atomic E-state index is 11.9. The van der Waals surface area contributed by atoms with Gasteiger partial charge in [0.25, 0.3) is 5.91 Å². The highest BCUT2D eigenvalue weighted by molar-refractivity contribution is 5.88. The molecule has 0 radical (unpaired) electrons. The minimum atomic E-state index is -1.16. The van der Waals surface area contributed by atoms with Gasteiger partial charge in [0.2, 0.25) is 0 Å². The minimum absolute atomic E-state index is 0.441. The summed E-state index contributed by atoms with van der Waals surface area (Å²) in [6.45, 7) is 3.78. The number of nitrogens with one attached hydrogen (secondary N) is 1. The smallest absolute Gasteiger partial charge is 0.272 e. The third-order valence-corrected chi connectivity index (χ3v) is 2.86. The van der Waals surface area contributed by atoms with Gasteiger partial charge < -0.3 is 5.11 Å². The maximum Gasteiger partial charge on any atom is 0.272 e. The number of nitrogens with zero attached hydrogens (tertiary/aromatic N) is 1. The lowest BCUT2D eigenvalue weighted by atomic mass is 10.1. The first-order chi connectivity index (χ1) is 8.59. The Morgan fingerprint density at radius 1 is 1.11 bits per heavy atom. The molecule has 0 unspecified atom stereocenters. The van der Waals surface area contributed by atoms with Crippen molar-refractivity contribution in [3.05, 3.63) is 59.4 Å². The fraction of sp³-hybridized carbons (Fsp3) is 0.214. The molecule has 1 atom stereocenters. The highest BCUT2D eigenvalue weighted by atomic mass is 16.3. The van der Waals surface area contributed by atoms with Gasteiger partial charge in [0.15, 0.2) is 6.10 Å². The van der Waals surface area contributed by atoms with Crippen LogP contribution in [-0.2, 0) is 4.79 Å². The highest BCUT2D eigenvalue weighted by Gasteiger charge is 2.17. The normalized spacial score (nSPS) is 12.2. The molecule has 18 heavy (non-hydrogen) atoms. The Labute approximate surface area is 106 Å². The zero-order chi connectivity index (χ0) is 13.1. The van der Waals surface area contributed by atoms with Gasteiger partial charge in [0.05, 0.1) is 0 Å². The van der Waals surface area contributed by atoms with Crippen LogP contribution in [0, 0.1) is 13.8 Å². The van der Waals surface area contributed by atoms with Crippen LogP contribution in [0.4, 0.5) is 0 Å². The van der Waals surface area contributed by atoms with Gasteiger partial charge in [-0.2, -0.15) is 0 Å². The summed E-state index contributed by atoms with van der Waals surface area (Å²) in [5.74, 6) is -0.441. The third kappa shape index (κ3) is 2.43. The molecule has 2 rings (SSSR count). The van der Waals surface area contributed by atoms with Crippen LogP contribution in [0.15, 0.2) is 42.5 Å². The molecule has 0 fully saturated rings. The van der Waals surface area contributed by atoms with Crippen molar-refractivity contribution in [1.29, 1.82) is 0 Å². The molecule has 1 aromatic carbocycles. The summed E-state index contributed by atoms with van der Waals surface area (Å²) in [6, 6.07) is 12.7. The van der Waals surface area contributed by atoms with Gasteiger partial charge in [-0.15, -0.1) is 0 Å². The first-order valence-electron chi connectivity index (χ1n) is 5.78. The maximum atomic E-state index is 11.9. The molecule has 0 bridgehead atoms. The van der Waals surface area contributed by atoms with Crippen LogP contribution in [0.3, 0.4) is 0 Å². The van der Waals surface area contributed by atoms with Gasteiger partial charge >= 0.3 is 0 Å². The first kappa shape index (κ1) is 12.4. The number of hydrogen-bond acceptors (Lipinski definition) is 2. The summed E-state index contributed by atoms with van der Waals surface area (Å²) in [4.78, 5) is 11.9. The highest BCUT2D eigenvalue weighted by Crippen LogP contribution is 2.13. The van der Waals surface area contributed by atoms with Crippen LogP contribution in [0.5, 0.6) is 0 Å². The number of carbonyl (C=O) groups excluding carboxylic acids is 1. The van der Waals surface area contributed by atoms with Gasteiger partial charge in [-0.25, -0.2) is 0 Å². The zero-order valence-electron chi connectivity index (χ0n) is 10.4. The van der Waals surface area contributed by atoms with Gasteiger partial charge in [-0.3, -0.25) is 14.9 Å². The number of aromatic nitrogens is 1. The third-order valence-electron chi connectivity index (χ3n) is 2.86. The molecule has 1 heterocycles. The van der Waals surface area contributed by atoms with Crippen LogP contribution in [0.2, 0.25) is 0 Å². The second kappa shape index (κ2) is 5.06. The molecule has 0 aliphatic heterocycles. The summed E-state index contributed by atoms with van der Waals surface area (Å²) < 4.78 is 1.66. The summed E-state index contributed by atoms with van der Waals surface area (Å²) in [5, 5.41) is 9.94. The molecule has 2 aromatic rings. The van der Waals surface area contributed by atoms with E-state index in [1.54, 1.807) is 28.9 Å². The molecule has 94 valence electrons. The Morgan fingerprint density at radius 3 is 2.22 bits per heavy atom. The Kier molecular flexibility index (Phi) is 3.48. The molecule has 0 saturated heterocycles. The molecule has 1 amide bonds. The van der Waals surface area contributed by atoms with Gasteiger partial charge in [-0.1, -0.05) is 30.3 Å². The second-order valence-corrected chi connectivity index (χ2v) is 4.24. The topological polar surface area (TPSA) is 54.3 Å². The monoisotopic (exact) mass is 244 g/mol. The molecule has 0 aliphatic rings. The van der Waals surface area contributed by atoms with E-state index >= 15 is 0 Å². The van der Waals surface area contributed by atoms with Crippen molar-refractivity contribution in [1.82, 2.24) is 4.68 Å². The number of aliphatic hydroxyl groups excluding tert-OH is 1.